The number of ketones is 1. The average Bonchev–Trinajstić information content (AvgIpc) is 3.22. The van der Waals surface area contributed by atoms with Crippen LogP contribution in [0.15, 0.2) is 52.1 Å². The van der Waals surface area contributed by atoms with Crippen LogP contribution in [0.2, 0.25) is 0 Å². The van der Waals surface area contributed by atoms with Crippen molar-refractivity contribution in [3.63, 3.8) is 0 Å². The molecule has 4 aromatic rings. The normalized spacial score (nSPS) is 14.3. The summed E-state index contributed by atoms with van der Waals surface area (Å²) >= 11 is 0. The van der Waals surface area contributed by atoms with Crippen molar-refractivity contribution in [2.45, 2.75) is 71.5 Å². The van der Waals surface area contributed by atoms with Gasteiger partial charge >= 0.3 is 5.69 Å². The van der Waals surface area contributed by atoms with Gasteiger partial charge in [0.15, 0.2) is 5.78 Å². The van der Waals surface area contributed by atoms with Gasteiger partial charge in [-0.1, -0.05) is 56.0 Å². The first-order valence-corrected chi connectivity index (χ1v) is 12.9. The van der Waals surface area contributed by atoms with Gasteiger partial charge in [-0.25, -0.2) is 13.9 Å². The number of benzene rings is 2. The van der Waals surface area contributed by atoms with Gasteiger partial charge in [0.05, 0.1) is 10.9 Å². The van der Waals surface area contributed by atoms with Crippen molar-refractivity contribution in [1.29, 1.82) is 0 Å². The quantitative estimate of drug-likeness (QED) is 0.390. The van der Waals surface area contributed by atoms with Gasteiger partial charge in [-0.05, 0) is 44.4 Å². The van der Waals surface area contributed by atoms with Crippen LogP contribution in [-0.4, -0.2) is 36.5 Å². The predicted molar refractivity (Wildman–Crippen MR) is 141 cm³/mol. The fraction of sp³-hybridized carbons (Fsp3) is 0.393. The molecule has 0 spiro atoms. The van der Waals surface area contributed by atoms with E-state index < -0.39 is 5.69 Å². The molecular weight excluding hydrogens is 470 g/mol. The molecule has 1 aliphatic carbocycles. The van der Waals surface area contributed by atoms with Crippen molar-refractivity contribution in [3.8, 4) is 0 Å². The van der Waals surface area contributed by atoms with Crippen LogP contribution in [0.4, 0.5) is 0 Å². The zero-order chi connectivity index (χ0) is 26.1. The molecule has 1 N–H and O–H groups in total. The number of nitrogens with one attached hydrogen (secondary N) is 1. The number of hydrogen-bond acceptors (Lipinski definition) is 5. The molecule has 0 radical (unpaired) electrons. The average molecular weight is 502 g/mol. The van der Waals surface area contributed by atoms with E-state index >= 15 is 0 Å². The molecule has 0 atom stereocenters. The minimum Gasteiger partial charge on any atom is -0.349 e. The van der Waals surface area contributed by atoms with Crippen molar-refractivity contribution in [2.75, 3.05) is 0 Å². The van der Waals surface area contributed by atoms with Gasteiger partial charge < -0.3 is 5.32 Å². The molecule has 192 valence electrons. The van der Waals surface area contributed by atoms with E-state index in [1.165, 1.54) is 15.4 Å². The summed E-state index contributed by atoms with van der Waals surface area (Å²) in [5.41, 5.74) is 1.37. The Morgan fingerprint density at radius 3 is 2.41 bits per heavy atom. The number of rotatable bonds is 7. The summed E-state index contributed by atoms with van der Waals surface area (Å²) in [7, 11) is 0. The van der Waals surface area contributed by atoms with E-state index in [2.05, 4.69) is 10.4 Å². The van der Waals surface area contributed by atoms with Crippen molar-refractivity contribution >= 4 is 28.4 Å². The molecule has 5 rings (SSSR count). The topological polar surface area (TPSA) is 107 Å². The molecule has 1 fully saturated rings. The first-order valence-electron chi connectivity index (χ1n) is 12.9. The molecule has 1 amide bonds. The number of aromatic nitrogens is 4. The number of carbonyl (C=O) groups is 2. The maximum absolute atomic E-state index is 13.5. The molecule has 37 heavy (non-hydrogen) atoms. The zero-order valence-corrected chi connectivity index (χ0v) is 21.2. The summed E-state index contributed by atoms with van der Waals surface area (Å²) in [5, 5.41) is 7.81. The first kappa shape index (κ1) is 24.7. The fourth-order valence-electron chi connectivity index (χ4n) is 5.07. The Morgan fingerprint density at radius 2 is 1.70 bits per heavy atom. The molecule has 9 nitrogen and oxygen atoms in total. The zero-order valence-electron chi connectivity index (χ0n) is 21.2. The molecule has 2 aromatic heterocycles. The number of Topliss-reactive ketones (excluding diaryl/α,β-unsaturated/α-hetero) is 1. The standard InChI is InChI=1S/C28H31N5O4/c1-3-15-31-26(36)22-14-13-20(25(35)29-21-7-5-4-6-8-21)16-23(22)33-27(31)30-32(28(33)37)17-24(34)19-11-9-18(2)10-12-19/h9-14,16,21H,3-8,15,17H2,1-2H3,(H,29,35). The van der Waals surface area contributed by atoms with Gasteiger partial charge in [0, 0.05) is 23.7 Å². The fourth-order valence-corrected chi connectivity index (χ4v) is 5.07. The van der Waals surface area contributed by atoms with E-state index in [0.717, 1.165) is 35.9 Å². The first-order chi connectivity index (χ1) is 17.9. The predicted octanol–water partition coefficient (Wildman–Crippen LogP) is 3.47. The molecule has 1 aliphatic rings. The van der Waals surface area contributed by atoms with Gasteiger partial charge in [-0.15, -0.1) is 5.10 Å². The molecular formula is C28H31N5O4. The summed E-state index contributed by atoms with van der Waals surface area (Å²) < 4.78 is 3.89. The molecule has 2 aromatic carbocycles. The Labute approximate surface area is 213 Å². The third-order valence-corrected chi connectivity index (χ3v) is 7.09. The molecule has 1 saturated carbocycles. The minimum atomic E-state index is -0.532. The summed E-state index contributed by atoms with van der Waals surface area (Å²) in [5.74, 6) is -0.327. The van der Waals surface area contributed by atoms with Crippen LogP contribution in [0, 0.1) is 6.92 Å². The van der Waals surface area contributed by atoms with E-state index in [0.29, 0.717) is 35.0 Å². The number of aryl methyl sites for hydroxylation is 2. The number of carbonyl (C=O) groups excluding carboxylic acids is 2. The highest BCUT2D eigenvalue weighted by Gasteiger charge is 2.21. The minimum absolute atomic E-state index is 0.132. The Bertz CT molecular complexity index is 1600. The maximum Gasteiger partial charge on any atom is 0.352 e. The van der Waals surface area contributed by atoms with Crippen molar-refractivity contribution in [3.05, 3.63) is 80.0 Å². The molecule has 9 heteroatoms. The van der Waals surface area contributed by atoms with Crippen LogP contribution < -0.4 is 16.6 Å². The van der Waals surface area contributed by atoms with Gasteiger partial charge in [0.25, 0.3) is 11.5 Å². The third kappa shape index (κ3) is 4.73. The van der Waals surface area contributed by atoms with Gasteiger partial charge in [0.2, 0.25) is 5.78 Å². The number of hydrogen-bond donors (Lipinski definition) is 1. The van der Waals surface area contributed by atoms with E-state index in [9.17, 15) is 19.2 Å². The van der Waals surface area contributed by atoms with Gasteiger partial charge in [0.1, 0.15) is 6.54 Å². The lowest BCUT2D eigenvalue weighted by Crippen LogP contribution is -2.36. The Hall–Kier alpha value is -4.01. The summed E-state index contributed by atoms with van der Waals surface area (Å²) in [6, 6.07) is 12.1. The molecule has 0 saturated heterocycles. The lowest BCUT2D eigenvalue weighted by Gasteiger charge is -2.22. The van der Waals surface area contributed by atoms with Crippen LogP contribution in [0.1, 0.15) is 71.7 Å². The monoisotopic (exact) mass is 501 g/mol. The summed E-state index contributed by atoms with van der Waals surface area (Å²) in [4.78, 5) is 52.8. The van der Waals surface area contributed by atoms with Crippen LogP contribution >= 0.6 is 0 Å². The maximum atomic E-state index is 13.5. The number of amides is 1. The highest BCUT2D eigenvalue weighted by atomic mass is 16.2. The van der Waals surface area contributed by atoms with E-state index in [-0.39, 0.29) is 35.6 Å². The van der Waals surface area contributed by atoms with Crippen LogP contribution in [0.25, 0.3) is 16.7 Å². The molecule has 0 aliphatic heterocycles. The van der Waals surface area contributed by atoms with E-state index in [1.807, 2.05) is 26.0 Å². The van der Waals surface area contributed by atoms with E-state index in [4.69, 9.17) is 0 Å². The SMILES string of the molecule is CCCn1c(=O)c2ccc(C(=O)NC3CCCCC3)cc2n2c(=O)n(CC(=O)c3ccc(C)cc3)nc12. The largest absolute Gasteiger partial charge is 0.352 e. The van der Waals surface area contributed by atoms with Crippen molar-refractivity contribution in [1.82, 2.24) is 24.1 Å². The van der Waals surface area contributed by atoms with Crippen molar-refractivity contribution in [2.24, 2.45) is 0 Å². The van der Waals surface area contributed by atoms with E-state index in [1.54, 1.807) is 30.3 Å². The summed E-state index contributed by atoms with van der Waals surface area (Å²) in [6.07, 6.45) is 5.93. The second-order valence-corrected chi connectivity index (χ2v) is 9.86. The number of nitrogens with zero attached hydrogens (tertiary/aromatic N) is 4. The summed E-state index contributed by atoms with van der Waals surface area (Å²) in [6.45, 7) is 3.97. The Balaban J connectivity index is 1.60. The molecule has 2 heterocycles. The van der Waals surface area contributed by atoms with Crippen LogP contribution in [0.5, 0.6) is 0 Å². The number of fused-ring (bicyclic) bond motifs is 3. The second-order valence-electron chi connectivity index (χ2n) is 9.86. The van der Waals surface area contributed by atoms with Gasteiger partial charge in [-0.3, -0.25) is 19.0 Å². The van der Waals surface area contributed by atoms with Crippen molar-refractivity contribution < 1.29 is 9.59 Å². The molecule has 0 unspecified atom stereocenters. The van der Waals surface area contributed by atoms with Crippen LogP contribution in [-0.2, 0) is 13.1 Å². The lowest BCUT2D eigenvalue weighted by atomic mass is 9.95. The van der Waals surface area contributed by atoms with Gasteiger partial charge in [-0.2, -0.15) is 0 Å². The third-order valence-electron chi connectivity index (χ3n) is 7.09. The van der Waals surface area contributed by atoms with Crippen LogP contribution in [0.3, 0.4) is 0 Å². The highest BCUT2D eigenvalue weighted by molar-refractivity contribution is 5.98. The second kappa shape index (κ2) is 10.2. The smallest absolute Gasteiger partial charge is 0.349 e. The lowest BCUT2D eigenvalue weighted by molar-refractivity contribution is 0.0926. The molecule has 0 bridgehead atoms. The highest BCUT2D eigenvalue weighted by Crippen LogP contribution is 2.19. The Kier molecular flexibility index (Phi) is 6.78. The Morgan fingerprint density at radius 1 is 1.00 bits per heavy atom.